The number of aliphatic hydroxyl groups excluding tert-OH is 1. The highest BCUT2D eigenvalue weighted by atomic mass is 16.3. The highest BCUT2D eigenvalue weighted by Crippen LogP contribution is 2.09. The van der Waals surface area contributed by atoms with E-state index in [1.807, 2.05) is 18.7 Å². The molecule has 0 aliphatic carbocycles. The van der Waals surface area contributed by atoms with Crippen molar-refractivity contribution >= 4 is 5.91 Å². The molecule has 0 radical (unpaired) electrons. The van der Waals surface area contributed by atoms with E-state index in [0.29, 0.717) is 19.4 Å². The summed E-state index contributed by atoms with van der Waals surface area (Å²) in [4.78, 5) is 14.0. The average molecular weight is 263 g/mol. The number of hydrogen-bond acceptors (Lipinski definition) is 2. The first kappa shape index (κ1) is 15.7. The Balaban J connectivity index is 2.49. The van der Waals surface area contributed by atoms with Crippen LogP contribution in [0, 0.1) is 6.92 Å². The average Bonchev–Trinajstić information content (AvgIpc) is 2.38. The molecule has 0 aliphatic heterocycles. The van der Waals surface area contributed by atoms with Crippen molar-refractivity contribution in [3.05, 3.63) is 35.4 Å². The van der Waals surface area contributed by atoms with Crippen LogP contribution in [0.15, 0.2) is 24.3 Å². The van der Waals surface area contributed by atoms with E-state index in [-0.39, 0.29) is 18.6 Å². The number of amides is 1. The van der Waals surface area contributed by atoms with Crippen LogP contribution in [0.5, 0.6) is 0 Å². The number of rotatable bonds is 7. The fourth-order valence-corrected chi connectivity index (χ4v) is 2.06. The Labute approximate surface area is 116 Å². The number of hydrogen-bond donors (Lipinski definition) is 1. The molecule has 3 nitrogen and oxygen atoms in total. The highest BCUT2D eigenvalue weighted by molar-refractivity contribution is 5.76. The van der Waals surface area contributed by atoms with Gasteiger partial charge < -0.3 is 10.0 Å². The van der Waals surface area contributed by atoms with Gasteiger partial charge in [-0.25, -0.2) is 0 Å². The first-order valence-corrected chi connectivity index (χ1v) is 7.00. The summed E-state index contributed by atoms with van der Waals surface area (Å²) in [6.07, 6.45) is 1.96. The Hall–Kier alpha value is -1.35. The van der Waals surface area contributed by atoms with Crippen molar-refractivity contribution in [1.82, 2.24) is 4.90 Å². The molecule has 0 unspecified atom stereocenters. The van der Waals surface area contributed by atoms with Gasteiger partial charge in [-0.3, -0.25) is 4.79 Å². The van der Waals surface area contributed by atoms with Gasteiger partial charge in [-0.05, 0) is 39.2 Å². The van der Waals surface area contributed by atoms with Gasteiger partial charge in [0.15, 0.2) is 0 Å². The third-order valence-corrected chi connectivity index (χ3v) is 3.25. The van der Waals surface area contributed by atoms with Gasteiger partial charge in [-0.1, -0.05) is 29.8 Å². The fourth-order valence-electron chi connectivity index (χ4n) is 2.06. The Bertz CT molecular complexity index is 384. The molecule has 1 N–H and O–H groups in total. The lowest BCUT2D eigenvalue weighted by Gasteiger charge is -2.26. The summed E-state index contributed by atoms with van der Waals surface area (Å²) in [6, 6.07) is 8.50. The molecule has 0 saturated carbocycles. The SMILES string of the molecule is Cc1ccc(CCC(=O)N(CCCO)C(C)C)cc1. The highest BCUT2D eigenvalue weighted by Gasteiger charge is 2.15. The van der Waals surface area contributed by atoms with Crippen LogP contribution in [0.1, 0.15) is 37.8 Å². The number of nitrogens with zero attached hydrogens (tertiary/aromatic N) is 1. The number of carbonyl (C=O) groups is 1. The lowest BCUT2D eigenvalue weighted by Crippen LogP contribution is -2.38. The van der Waals surface area contributed by atoms with E-state index in [2.05, 4.69) is 31.2 Å². The molecule has 0 spiro atoms. The summed E-state index contributed by atoms with van der Waals surface area (Å²) in [5.74, 6) is 0.170. The minimum atomic E-state index is 0.133. The number of benzene rings is 1. The lowest BCUT2D eigenvalue weighted by atomic mass is 10.1. The largest absolute Gasteiger partial charge is 0.396 e. The monoisotopic (exact) mass is 263 g/mol. The summed E-state index contributed by atoms with van der Waals surface area (Å²) >= 11 is 0. The molecule has 1 aromatic rings. The molecule has 1 rings (SSSR count). The van der Waals surface area contributed by atoms with Crippen LogP contribution in [-0.2, 0) is 11.2 Å². The molecule has 106 valence electrons. The second kappa shape index (κ2) is 7.95. The molecule has 0 heterocycles. The molecular weight excluding hydrogens is 238 g/mol. The molecule has 19 heavy (non-hydrogen) atoms. The molecule has 0 fully saturated rings. The smallest absolute Gasteiger partial charge is 0.223 e. The maximum absolute atomic E-state index is 12.2. The number of aryl methyl sites for hydroxylation is 2. The van der Waals surface area contributed by atoms with Gasteiger partial charge in [-0.2, -0.15) is 0 Å². The first-order valence-electron chi connectivity index (χ1n) is 7.00. The van der Waals surface area contributed by atoms with Crippen LogP contribution in [0.25, 0.3) is 0 Å². The normalized spacial score (nSPS) is 10.8. The molecule has 1 aromatic carbocycles. The standard InChI is InChI=1S/C16H25NO2/c1-13(2)17(11-4-12-18)16(19)10-9-15-7-5-14(3)6-8-15/h5-8,13,18H,4,9-12H2,1-3H3. The van der Waals surface area contributed by atoms with Crippen molar-refractivity contribution < 1.29 is 9.90 Å². The van der Waals surface area contributed by atoms with Gasteiger partial charge in [0.2, 0.25) is 5.91 Å². The van der Waals surface area contributed by atoms with Gasteiger partial charge in [0.25, 0.3) is 0 Å². The zero-order valence-corrected chi connectivity index (χ0v) is 12.2. The Morgan fingerprint density at radius 1 is 1.26 bits per heavy atom. The minimum Gasteiger partial charge on any atom is -0.396 e. The van der Waals surface area contributed by atoms with E-state index >= 15 is 0 Å². The third kappa shape index (κ3) is 5.43. The van der Waals surface area contributed by atoms with Crippen LogP contribution in [0.3, 0.4) is 0 Å². The van der Waals surface area contributed by atoms with Gasteiger partial charge in [-0.15, -0.1) is 0 Å². The van der Waals surface area contributed by atoms with Crippen LogP contribution < -0.4 is 0 Å². The summed E-state index contributed by atoms with van der Waals surface area (Å²) < 4.78 is 0. The molecule has 0 atom stereocenters. The van der Waals surface area contributed by atoms with E-state index in [9.17, 15) is 4.79 Å². The summed E-state index contributed by atoms with van der Waals surface area (Å²) in [7, 11) is 0. The third-order valence-electron chi connectivity index (χ3n) is 3.25. The van der Waals surface area contributed by atoms with Gasteiger partial charge in [0.1, 0.15) is 0 Å². The maximum atomic E-state index is 12.2. The van der Waals surface area contributed by atoms with E-state index in [1.54, 1.807) is 0 Å². The minimum absolute atomic E-state index is 0.133. The Kier molecular flexibility index (Phi) is 6.57. The van der Waals surface area contributed by atoms with Crippen molar-refractivity contribution in [3.63, 3.8) is 0 Å². The second-order valence-corrected chi connectivity index (χ2v) is 5.24. The zero-order valence-electron chi connectivity index (χ0n) is 12.2. The second-order valence-electron chi connectivity index (χ2n) is 5.24. The molecule has 0 bridgehead atoms. The van der Waals surface area contributed by atoms with Gasteiger partial charge in [0.05, 0.1) is 0 Å². The molecular formula is C16H25NO2. The molecule has 0 saturated heterocycles. The number of carbonyl (C=O) groups excluding carboxylic acids is 1. The van der Waals surface area contributed by atoms with E-state index < -0.39 is 0 Å². The van der Waals surface area contributed by atoms with Crippen LogP contribution in [0.2, 0.25) is 0 Å². The van der Waals surface area contributed by atoms with E-state index in [0.717, 1.165) is 6.42 Å². The van der Waals surface area contributed by atoms with Crippen LogP contribution in [0.4, 0.5) is 0 Å². The summed E-state index contributed by atoms with van der Waals surface area (Å²) in [6.45, 7) is 6.86. The van der Waals surface area contributed by atoms with Crippen molar-refractivity contribution in [2.24, 2.45) is 0 Å². The summed E-state index contributed by atoms with van der Waals surface area (Å²) in [5, 5.41) is 8.87. The van der Waals surface area contributed by atoms with E-state index in [4.69, 9.17) is 5.11 Å². The fraction of sp³-hybridized carbons (Fsp3) is 0.562. The molecule has 0 aromatic heterocycles. The van der Waals surface area contributed by atoms with Crippen molar-refractivity contribution in [1.29, 1.82) is 0 Å². The Morgan fingerprint density at radius 2 is 1.89 bits per heavy atom. The predicted molar refractivity (Wildman–Crippen MR) is 78.1 cm³/mol. The van der Waals surface area contributed by atoms with Gasteiger partial charge >= 0.3 is 0 Å². The zero-order chi connectivity index (χ0) is 14.3. The van der Waals surface area contributed by atoms with Crippen molar-refractivity contribution in [3.8, 4) is 0 Å². The number of aliphatic hydroxyl groups is 1. The summed E-state index contributed by atoms with van der Waals surface area (Å²) in [5.41, 5.74) is 2.44. The Morgan fingerprint density at radius 3 is 2.42 bits per heavy atom. The lowest BCUT2D eigenvalue weighted by molar-refractivity contribution is -0.133. The topological polar surface area (TPSA) is 40.5 Å². The van der Waals surface area contributed by atoms with E-state index in [1.165, 1.54) is 11.1 Å². The van der Waals surface area contributed by atoms with Crippen molar-refractivity contribution in [2.45, 2.75) is 46.1 Å². The molecule has 0 aliphatic rings. The van der Waals surface area contributed by atoms with Crippen LogP contribution >= 0.6 is 0 Å². The molecule has 1 amide bonds. The van der Waals surface area contributed by atoms with Gasteiger partial charge in [0, 0.05) is 25.6 Å². The maximum Gasteiger partial charge on any atom is 0.223 e. The first-order chi connectivity index (χ1) is 9.04. The molecule has 3 heteroatoms. The predicted octanol–water partition coefficient (Wildman–Crippen LogP) is 2.55. The van der Waals surface area contributed by atoms with Crippen molar-refractivity contribution in [2.75, 3.05) is 13.2 Å². The van der Waals surface area contributed by atoms with Crippen LogP contribution in [-0.4, -0.2) is 35.1 Å². The quantitative estimate of drug-likeness (QED) is 0.821.